The molecule has 1 aliphatic heterocycles. The molecule has 0 radical (unpaired) electrons. The number of methoxy groups -OCH3 is 1. The summed E-state index contributed by atoms with van der Waals surface area (Å²) in [5, 5.41) is 10.9. The van der Waals surface area contributed by atoms with Crippen LogP contribution in [0.2, 0.25) is 0 Å². The van der Waals surface area contributed by atoms with Gasteiger partial charge in [-0.3, -0.25) is 9.78 Å². The molecule has 0 saturated carbocycles. The molecule has 5 nitrogen and oxygen atoms in total. The van der Waals surface area contributed by atoms with Gasteiger partial charge in [0.1, 0.15) is 5.75 Å². The number of pyridine rings is 1. The minimum Gasteiger partial charge on any atom is -0.497 e. The smallest absolute Gasteiger partial charge is 0.308 e. The highest BCUT2D eigenvalue weighted by atomic mass is 35.5. The Labute approximate surface area is 207 Å². The highest BCUT2D eigenvalue weighted by molar-refractivity contribution is 5.88. The number of aliphatic carboxylic acids is 1. The fourth-order valence-corrected chi connectivity index (χ4v) is 4.77. The number of allylic oxidation sites excluding steroid dienone is 1. The van der Waals surface area contributed by atoms with Gasteiger partial charge >= 0.3 is 5.97 Å². The zero-order valence-electron chi connectivity index (χ0n) is 19.6. The maximum atomic E-state index is 12.0. The summed E-state index contributed by atoms with van der Waals surface area (Å²) in [6.07, 6.45) is 9.79. The normalized spacial score (nSPS) is 18.6. The summed E-state index contributed by atoms with van der Waals surface area (Å²) in [7, 11) is 1.66. The lowest BCUT2D eigenvalue weighted by atomic mass is 9.83. The third-order valence-corrected chi connectivity index (χ3v) is 6.66. The topological polar surface area (TPSA) is 62.7 Å². The summed E-state index contributed by atoms with van der Waals surface area (Å²) in [5.74, 6) is -0.0443. The minimum atomic E-state index is -0.680. The predicted octanol–water partition coefficient (Wildman–Crippen LogP) is 5.72. The molecule has 6 heteroatoms. The summed E-state index contributed by atoms with van der Waals surface area (Å²) in [4.78, 5) is 18.8. The van der Waals surface area contributed by atoms with Gasteiger partial charge in [-0.2, -0.15) is 0 Å². The maximum Gasteiger partial charge on any atom is 0.308 e. The third-order valence-electron chi connectivity index (χ3n) is 6.66. The number of carbonyl (C=O) groups is 1. The van der Waals surface area contributed by atoms with Crippen molar-refractivity contribution in [1.29, 1.82) is 0 Å². The van der Waals surface area contributed by atoms with E-state index in [9.17, 15) is 9.90 Å². The number of carboxylic acids is 1. The van der Waals surface area contributed by atoms with E-state index >= 15 is 0 Å². The molecule has 3 aromatic rings. The molecule has 1 fully saturated rings. The molecule has 0 amide bonds. The number of nitrogens with zero attached hydrogens (tertiary/aromatic N) is 2. The van der Waals surface area contributed by atoms with Crippen LogP contribution in [0.4, 0.5) is 0 Å². The molecule has 2 atom stereocenters. The summed E-state index contributed by atoms with van der Waals surface area (Å²) >= 11 is 0. The summed E-state index contributed by atoms with van der Waals surface area (Å²) < 4.78 is 5.36. The van der Waals surface area contributed by atoms with E-state index in [1.165, 1.54) is 5.56 Å². The van der Waals surface area contributed by atoms with Gasteiger partial charge in [-0.1, -0.05) is 42.5 Å². The van der Waals surface area contributed by atoms with Gasteiger partial charge in [-0.25, -0.2) is 0 Å². The lowest BCUT2D eigenvalue weighted by Gasteiger charge is -2.36. The fraction of sp³-hybridized carbons (Fsp3) is 0.357. The first-order chi connectivity index (χ1) is 16.1. The molecular weight excluding hydrogens is 448 g/mol. The molecule has 1 aromatic heterocycles. The van der Waals surface area contributed by atoms with Crippen molar-refractivity contribution in [1.82, 2.24) is 9.88 Å². The van der Waals surface area contributed by atoms with E-state index in [-0.39, 0.29) is 24.2 Å². The average molecular weight is 481 g/mol. The molecule has 34 heavy (non-hydrogen) atoms. The Morgan fingerprint density at radius 1 is 1.21 bits per heavy atom. The first-order valence-electron chi connectivity index (χ1n) is 11.7. The monoisotopic (exact) mass is 480 g/mol. The van der Waals surface area contributed by atoms with Crippen molar-refractivity contribution in [3.05, 3.63) is 78.0 Å². The van der Waals surface area contributed by atoms with Crippen molar-refractivity contribution >= 4 is 35.4 Å². The van der Waals surface area contributed by atoms with Crippen LogP contribution < -0.4 is 4.74 Å². The lowest BCUT2D eigenvalue weighted by Crippen LogP contribution is -2.44. The van der Waals surface area contributed by atoms with E-state index in [0.29, 0.717) is 6.54 Å². The highest BCUT2D eigenvalue weighted by Gasteiger charge is 2.33. The molecule has 2 aromatic carbocycles. The predicted molar refractivity (Wildman–Crippen MR) is 140 cm³/mol. The van der Waals surface area contributed by atoms with Gasteiger partial charge in [-0.15, -0.1) is 12.4 Å². The van der Waals surface area contributed by atoms with Crippen LogP contribution in [0.1, 0.15) is 30.4 Å². The molecular formula is C28H33ClN2O3. The Morgan fingerprint density at radius 2 is 2.03 bits per heavy atom. The number of aromatic nitrogens is 1. The van der Waals surface area contributed by atoms with E-state index in [2.05, 4.69) is 46.3 Å². The number of halogens is 1. The largest absolute Gasteiger partial charge is 0.497 e. The maximum absolute atomic E-state index is 12.0. The zero-order chi connectivity index (χ0) is 23.0. The second-order valence-corrected chi connectivity index (χ2v) is 8.80. The van der Waals surface area contributed by atoms with Crippen molar-refractivity contribution in [2.75, 3.05) is 26.7 Å². The molecule has 0 aliphatic carbocycles. The quantitative estimate of drug-likeness (QED) is 0.424. The number of rotatable bonds is 9. The number of aryl methyl sites for hydroxylation is 1. The highest BCUT2D eigenvalue weighted by Crippen LogP contribution is 2.29. The molecule has 1 saturated heterocycles. The van der Waals surface area contributed by atoms with Gasteiger partial charge in [0.15, 0.2) is 0 Å². The Kier molecular flexibility index (Phi) is 9.49. The van der Waals surface area contributed by atoms with Crippen LogP contribution in [0.5, 0.6) is 5.75 Å². The number of carboxylic acid groups (broad SMARTS) is 1. The van der Waals surface area contributed by atoms with Crippen LogP contribution in [-0.4, -0.2) is 47.7 Å². The van der Waals surface area contributed by atoms with Crippen molar-refractivity contribution in [3.8, 4) is 5.75 Å². The number of hydrogen-bond acceptors (Lipinski definition) is 4. The van der Waals surface area contributed by atoms with E-state index in [1.807, 2.05) is 36.5 Å². The molecule has 0 unspecified atom stereocenters. The van der Waals surface area contributed by atoms with Crippen LogP contribution in [0, 0.1) is 11.8 Å². The van der Waals surface area contributed by atoms with Crippen LogP contribution in [0.3, 0.4) is 0 Å². The van der Waals surface area contributed by atoms with Crippen LogP contribution in [0.15, 0.2) is 66.9 Å². The van der Waals surface area contributed by atoms with Gasteiger partial charge in [0.05, 0.1) is 18.5 Å². The van der Waals surface area contributed by atoms with Crippen molar-refractivity contribution in [2.45, 2.75) is 25.7 Å². The fourth-order valence-electron chi connectivity index (χ4n) is 4.77. The van der Waals surface area contributed by atoms with E-state index in [1.54, 1.807) is 7.11 Å². The summed E-state index contributed by atoms with van der Waals surface area (Å²) in [6, 6.07) is 18.3. The standard InChI is InChI=1S/C28H32N2O3.ClH/c1-33-24-12-13-27-25(19-24)22(14-16-29-27)10-5-11-23-15-18-30(20-26(23)28(31)32)17-6-9-21-7-3-2-4-8-21;/h2-5,7-8,10,12-14,16,19,23,26H,6,9,11,15,17-18,20H2,1H3,(H,31,32);1H/b10-5+;/t23-,26+;/m1./s1. The molecule has 2 heterocycles. The Hall–Kier alpha value is -2.89. The van der Waals surface area contributed by atoms with Gasteiger partial charge in [0.2, 0.25) is 0 Å². The second-order valence-electron chi connectivity index (χ2n) is 8.80. The second kappa shape index (κ2) is 12.5. The summed E-state index contributed by atoms with van der Waals surface area (Å²) in [5.41, 5.74) is 3.34. The van der Waals surface area contributed by atoms with Crippen LogP contribution in [-0.2, 0) is 11.2 Å². The first-order valence-corrected chi connectivity index (χ1v) is 11.7. The van der Waals surface area contributed by atoms with Gasteiger partial charge in [0.25, 0.3) is 0 Å². The zero-order valence-corrected chi connectivity index (χ0v) is 20.4. The van der Waals surface area contributed by atoms with Crippen molar-refractivity contribution < 1.29 is 14.6 Å². The number of hydrogen-bond donors (Lipinski definition) is 1. The number of fused-ring (bicyclic) bond motifs is 1. The number of piperidine rings is 1. The van der Waals surface area contributed by atoms with Crippen molar-refractivity contribution in [2.24, 2.45) is 11.8 Å². The third kappa shape index (κ3) is 6.58. The molecule has 0 bridgehead atoms. The number of ether oxygens (including phenoxy) is 1. The van der Waals surface area contributed by atoms with Crippen molar-refractivity contribution in [3.63, 3.8) is 0 Å². The molecule has 4 rings (SSSR count). The lowest BCUT2D eigenvalue weighted by molar-refractivity contribution is -0.146. The van der Waals surface area contributed by atoms with E-state index in [4.69, 9.17) is 4.74 Å². The molecule has 1 aliphatic rings. The average Bonchev–Trinajstić information content (AvgIpc) is 2.85. The molecule has 1 N–H and O–H groups in total. The van der Waals surface area contributed by atoms with E-state index in [0.717, 1.165) is 61.0 Å². The van der Waals surface area contributed by atoms with Gasteiger partial charge in [-0.05, 0) is 80.1 Å². The van der Waals surface area contributed by atoms with Crippen LogP contribution >= 0.6 is 12.4 Å². The van der Waals surface area contributed by atoms with Gasteiger partial charge in [0, 0.05) is 18.1 Å². The number of likely N-dealkylation sites (tertiary alicyclic amines) is 1. The Balaban J connectivity index is 0.00000324. The Morgan fingerprint density at radius 3 is 2.79 bits per heavy atom. The van der Waals surface area contributed by atoms with Gasteiger partial charge < -0.3 is 14.7 Å². The minimum absolute atomic E-state index is 0. The Bertz CT molecular complexity index is 1100. The number of benzene rings is 2. The van der Waals surface area contributed by atoms with E-state index < -0.39 is 5.97 Å². The summed E-state index contributed by atoms with van der Waals surface area (Å²) in [6.45, 7) is 2.55. The molecule has 0 spiro atoms. The SMILES string of the molecule is COc1ccc2nccc(/C=C/C[C@@H]3CCN(CCCc4ccccc4)C[C@@H]3C(=O)O)c2c1.Cl. The molecule has 180 valence electrons. The first kappa shape index (κ1) is 25.7. The van der Waals surface area contributed by atoms with Crippen LogP contribution in [0.25, 0.3) is 17.0 Å².